The highest BCUT2D eigenvalue weighted by atomic mass is 35.5. The summed E-state index contributed by atoms with van der Waals surface area (Å²) in [4.78, 5) is 25.6. The Bertz CT molecular complexity index is 863. The molecule has 7 nitrogen and oxygen atoms in total. The van der Waals surface area contributed by atoms with Crippen LogP contribution in [-0.2, 0) is 15.8 Å². The molecule has 1 aromatic carbocycles. The first kappa shape index (κ1) is 21.7. The zero-order chi connectivity index (χ0) is 21.1. The van der Waals surface area contributed by atoms with Crippen molar-refractivity contribution in [2.24, 2.45) is 0 Å². The smallest absolute Gasteiger partial charge is 0.325 e. The first-order valence-corrected chi connectivity index (χ1v) is 8.51. The summed E-state index contributed by atoms with van der Waals surface area (Å²) < 4.78 is 38.6. The van der Waals surface area contributed by atoms with Gasteiger partial charge < -0.3 is 10.6 Å². The minimum atomic E-state index is -4.63. The van der Waals surface area contributed by atoms with Crippen LogP contribution in [-0.4, -0.2) is 47.0 Å². The maximum Gasteiger partial charge on any atom is 0.417 e. The number of hydrogen-bond acceptors (Lipinski definition) is 4. The number of amides is 2. The number of carbonyl (C=O) groups excluding carboxylic acids is 2. The van der Waals surface area contributed by atoms with Crippen LogP contribution in [0, 0.1) is 13.8 Å². The van der Waals surface area contributed by atoms with Crippen molar-refractivity contribution in [3.8, 4) is 0 Å². The molecule has 0 spiro atoms. The van der Waals surface area contributed by atoms with Crippen LogP contribution in [0.15, 0.2) is 18.2 Å². The minimum absolute atomic E-state index is 0.0378. The van der Waals surface area contributed by atoms with Crippen LogP contribution in [0.3, 0.4) is 0 Å². The van der Waals surface area contributed by atoms with Crippen molar-refractivity contribution in [3.63, 3.8) is 0 Å². The molecule has 1 heterocycles. The van der Waals surface area contributed by atoms with Gasteiger partial charge in [-0.25, -0.2) is 0 Å². The first-order chi connectivity index (χ1) is 13.0. The van der Waals surface area contributed by atoms with Gasteiger partial charge in [-0.1, -0.05) is 11.6 Å². The van der Waals surface area contributed by atoms with Gasteiger partial charge in [0.2, 0.25) is 11.8 Å². The van der Waals surface area contributed by atoms with Gasteiger partial charge >= 0.3 is 6.18 Å². The van der Waals surface area contributed by atoms with Crippen LogP contribution >= 0.6 is 11.6 Å². The van der Waals surface area contributed by atoms with Crippen LogP contribution < -0.4 is 10.6 Å². The Morgan fingerprint density at radius 3 is 2.32 bits per heavy atom. The zero-order valence-electron chi connectivity index (χ0n) is 15.4. The molecular weight excluding hydrogens is 399 g/mol. The molecule has 11 heteroatoms. The van der Waals surface area contributed by atoms with Crippen molar-refractivity contribution in [2.75, 3.05) is 30.8 Å². The van der Waals surface area contributed by atoms with E-state index in [2.05, 4.69) is 20.8 Å². The van der Waals surface area contributed by atoms with Gasteiger partial charge in [0.05, 0.1) is 40.8 Å². The van der Waals surface area contributed by atoms with Crippen molar-refractivity contribution >= 4 is 34.8 Å². The Labute approximate surface area is 164 Å². The monoisotopic (exact) mass is 417 g/mol. The quantitative estimate of drug-likeness (QED) is 0.673. The lowest BCUT2D eigenvalue weighted by molar-refractivity contribution is -0.137. The van der Waals surface area contributed by atoms with Crippen LogP contribution in [0.4, 0.5) is 24.5 Å². The van der Waals surface area contributed by atoms with E-state index in [9.17, 15) is 22.8 Å². The number of nitrogens with zero attached hydrogens (tertiary/aromatic N) is 2. The summed E-state index contributed by atoms with van der Waals surface area (Å²) >= 11 is 5.55. The molecule has 0 aliphatic heterocycles. The highest BCUT2D eigenvalue weighted by molar-refractivity contribution is 6.31. The molecule has 2 rings (SSSR count). The topological polar surface area (TPSA) is 90.1 Å². The lowest BCUT2D eigenvalue weighted by Gasteiger charge is -2.17. The van der Waals surface area contributed by atoms with E-state index in [1.807, 2.05) is 0 Å². The highest BCUT2D eigenvalue weighted by Gasteiger charge is 2.33. The SMILES string of the molecule is Cc1n[nH]c(C)c1NC(=O)CN(C)CC(=O)Nc1ccc(Cl)c(C(F)(F)F)c1. The van der Waals surface area contributed by atoms with E-state index >= 15 is 0 Å². The number of nitrogens with one attached hydrogen (secondary N) is 3. The molecule has 0 aliphatic rings. The van der Waals surface area contributed by atoms with E-state index in [1.54, 1.807) is 13.8 Å². The lowest BCUT2D eigenvalue weighted by Crippen LogP contribution is -2.36. The Kier molecular flexibility index (Phi) is 6.68. The number of H-pyrrole nitrogens is 1. The van der Waals surface area contributed by atoms with Crippen molar-refractivity contribution in [1.82, 2.24) is 15.1 Å². The number of carbonyl (C=O) groups is 2. The molecule has 0 saturated heterocycles. The Morgan fingerprint density at radius 2 is 1.79 bits per heavy atom. The summed E-state index contributed by atoms with van der Waals surface area (Å²) in [7, 11) is 1.54. The third kappa shape index (κ3) is 5.70. The van der Waals surface area contributed by atoms with E-state index in [0.717, 1.165) is 12.1 Å². The molecule has 2 aromatic rings. The Morgan fingerprint density at radius 1 is 1.18 bits per heavy atom. The Hall–Kier alpha value is -2.59. The van der Waals surface area contributed by atoms with Crippen LogP contribution in [0.25, 0.3) is 0 Å². The van der Waals surface area contributed by atoms with Gasteiger partial charge in [0.1, 0.15) is 0 Å². The standard InChI is InChI=1S/C17H19ClF3N5O2/c1-9-16(10(2)25-24-9)23-15(28)8-26(3)7-14(27)22-11-4-5-13(18)12(6-11)17(19,20)21/h4-6H,7-8H2,1-3H3,(H,22,27)(H,23,28)(H,24,25). The van der Waals surface area contributed by atoms with E-state index in [-0.39, 0.29) is 24.7 Å². The van der Waals surface area contributed by atoms with E-state index in [4.69, 9.17) is 11.6 Å². The summed E-state index contributed by atoms with van der Waals surface area (Å²) in [5.41, 5.74) is 0.836. The second-order valence-corrected chi connectivity index (χ2v) is 6.68. The largest absolute Gasteiger partial charge is 0.417 e. The molecule has 28 heavy (non-hydrogen) atoms. The molecule has 0 atom stereocenters. The first-order valence-electron chi connectivity index (χ1n) is 8.14. The third-order valence-electron chi connectivity index (χ3n) is 3.78. The molecule has 0 fully saturated rings. The molecule has 1 aromatic heterocycles. The minimum Gasteiger partial charge on any atom is -0.325 e. The van der Waals surface area contributed by atoms with Gasteiger partial charge in [-0.15, -0.1) is 0 Å². The summed E-state index contributed by atoms with van der Waals surface area (Å²) in [5.74, 6) is -0.921. The molecule has 3 N–H and O–H groups in total. The van der Waals surface area contributed by atoms with E-state index in [0.29, 0.717) is 17.1 Å². The van der Waals surface area contributed by atoms with Gasteiger partial charge in [0.15, 0.2) is 0 Å². The number of aromatic amines is 1. The molecule has 0 radical (unpaired) electrons. The average molecular weight is 418 g/mol. The fraction of sp³-hybridized carbons (Fsp3) is 0.353. The van der Waals surface area contributed by atoms with Gasteiger partial charge in [-0.2, -0.15) is 18.3 Å². The fourth-order valence-electron chi connectivity index (χ4n) is 2.48. The van der Waals surface area contributed by atoms with Gasteiger partial charge in [-0.05, 0) is 39.1 Å². The zero-order valence-corrected chi connectivity index (χ0v) is 16.1. The maximum atomic E-state index is 12.9. The normalized spacial score (nSPS) is 11.6. The number of halogens is 4. The van der Waals surface area contributed by atoms with Crippen molar-refractivity contribution in [2.45, 2.75) is 20.0 Å². The number of aromatic nitrogens is 2. The van der Waals surface area contributed by atoms with Gasteiger partial charge in [0.25, 0.3) is 0 Å². The maximum absolute atomic E-state index is 12.9. The second kappa shape index (κ2) is 8.61. The van der Waals surface area contributed by atoms with Crippen molar-refractivity contribution in [1.29, 1.82) is 0 Å². The Balaban J connectivity index is 1.91. The predicted molar refractivity (Wildman–Crippen MR) is 99.3 cm³/mol. The van der Waals surface area contributed by atoms with Crippen LogP contribution in [0.1, 0.15) is 17.0 Å². The highest BCUT2D eigenvalue weighted by Crippen LogP contribution is 2.36. The number of alkyl halides is 3. The van der Waals surface area contributed by atoms with E-state index < -0.39 is 22.7 Å². The molecular formula is C17H19ClF3N5O2. The second-order valence-electron chi connectivity index (χ2n) is 6.27. The molecule has 0 unspecified atom stereocenters. The van der Waals surface area contributed by atoms with Crippen molar-refractivity contribution < 1.29 is 22.8 Å². The number of aryl methyl sites for hydroxylation is 2. The lowest BCUT2D eigenvalue weighted by atomic mass is 10.2. The number of hydrogen-bond donors (Lipinski definition) is 3. The summed E-state index contributed by atoms with van der Waals surface area (Å²) in [6.07, 6.45) is -4.63. The summed E-state index contributed by atoms with van der Waals surface area (Å²) in [6, 6.07) is 3.09. The van der Waals surface area contributed by atoms with E-state index in [1.165, 1.54) is 18.0 Å². The van der Waals surface area contributed by atoms with Gasteiger partial charge in [0, 0.05) is 5.69 Å². The average Bonchev–Trinajstić information content (AvgIpc) is 2.87. The number of rotatable bonds is 6. The third-order valence-corrected chi connectivity index (χ3v) is 4.10. The van der Waals surface area contributed by atoms with Gasteiger partial charge in [-0.3, -0.25) is 19.6 Å². The summed E-state index contributed by atoms with van der Waals surface area (Å²) in [6.45, 7) is 3.21. The molecule has 0 saturated carbocycles. The molecule has 0 bridgehead atoms. The number of anilines is 2. The molecule has 152 valence electrons. The van der Waals surface area contributed by atoms with Crippen LogP contribution in [0.5, 0.6) is 0 Å². The number of benzene rings is 1. The molecule has 0 aliphatic carbocycles. The fourth-order valence-corrected chi connectivity index (χ4v) is 2.71. The van der Waals surface area contributed by atoms with Crippen LogP contribution in [0.2, 0.25) is 5.02 Å². The molecule has 2 amide bonds. The number of likely N-dealkylation sites (N-methyl/N-ethyl adjacent to an activating group) is 1. The summed E-state index contributed by atoms with van der Waals surface area (Å²) in [5, 5.41) is 11.3. The predicted octanol–water partition coefficient (Wildman–Crippen LogP) is 3.21. The van der Waals surface area contributed by atoms with Crippen molar-refractivity contribution in [3.05, 3.63) is 40.2 Å².